The predicted octanol–water partition coefficient (Wildman–Crippen LogP) is 4.49. The minimum atomic E-state index is -3.24. The maximum absolute atomic E-state index is 12.2. The Labute approximate surface area is 146 Å². The first-order valence-corrected chi connectivity index (χ1v) is 9.85. The molecule has 0 saturated heterocycles. The lowest BCUT2D eigenvalue weighted by Gasteiger charge is -2.08. The van der Waals surface area contributed by atoms with Crippen LogP contribution in [-0.2, 0) is 9.84 Å². The maximum Gasteiger partial charge on any atom is 0.178 e. The molecule has 5 heteroatoms. The van der Waals surface area contributed by atoms with Crippen LogP contribution in [0.5, 0.6) is 0 Å². The number of pyridine rings is 1. The first-order chi connectivity index (χ1) is 12.0. The molecule has 0 spiro atoms. The SMILES string of the molecule is CCS(=O)(=O)c1cccc(-c2cccc3[nH]c4ncc(C)cc4c23)c1. The number of H-pyrrole nitrogens is 1. The number of hydrogen-bond donors (Lipinski definition) is 1. The van der Waals surface area contributed by atoms with Gasteiger partial charge in [-0.2, -0.15) is 0 Å². The van der Waals surface area contributed by atoms with Crippen molar-refractivity contribution in [3.05, 3.63) is 60.3 Å². The van der Waals surface area contributed by atoms with Crippen molar-refractivity contribution in [3.8, 4) is 11.1 Å². The summed E-state index contributed by atoms with van der Waals surface area (Å²) in [7, 11) is -3.24. The molecule has 0 aliphatic heterocycles. The van der Waals surface area contributed by atoms with Gasteiger partial charge in [-0.05, 0) is 47.9 Å². The molecule has 126 valence electrons. The van der Waals surface area contributed by atoms with E-state index in [9.17, 15) is 8.42 Å². The van der Waals surface area contributed by atoms with Gasteiger partial charge >= 0.3 is 0 Å². The summed E-state index contributed by atoms with van der Waals surface area (Å²) in [6.07, 6.45) is 1.84. The van der Waals surface area contributed by atoms with Crippen molar-refractivity contribution in [2.45, 2.75) is 18.7 Å². The van der Waals surface area contributed by atoms with Crippen molar-refractivity contribution in [2.24, 2.45) is 0 Å². The zero-order chi connectivity index (χ0) is 17.6. The minimum absolute atomic E-state index is 0.0941. The van der Waals surface area contributed by atoms with Gasteiger partial charge in [-0.15, -0.1) is 0 Å². The highest BCUT2D eigenvalue weighted by molar-refractivity contribution is 7.91. The zero-order valence-corrected chi connectivity index (χ0v) is 14.9. The first-order valence-electron chi connectivity index (χ1n) is 8.20. The van der Waals surface area contributed by atoms with Crippen molar-refractivity contribution in [2.75, 3.05) is 5.75 Å². The van der Waals surface area contributed by atoms with Crippen LogP contribution in [0.1, 0.15) is 12.5 Å². The van der Waals surface area contributed by atoms with Gasteiger partial charge in [0.15, 0.2) is 9.84 Å². The van der Waals surface area contributed by atoms with E-state index < -0.39 is 9.84 Å². The molecule has 2 aromatic carbocycles. The molecule has 4 nitrogen and oxygen atoms in total. The highest BCUT2D eigenvalue weighted by atomic mass is 32.2. The third-order valence-electron chi connectivity index (χ3n) is 4.50. The summed E-state index contributed by atoms with van der Waals surface area (Å²) in [6.45, 7) is 3.68. The van der Waals surface area contributed by atoms with E-state index in [-0.39, 0.29) is 5.75 Å². The Morgan fingerprint density at radius 2 is 1.88 bits per heavy atom. The molecule has 2 heterocycles. The van der Waals surface area contributed by atoms with Crippen LogP contribution in [0.2, 0.25) is 0 Å². The zero-order valence-electron chi connectivity index (χ0n) is 14.1. The summed E-state index contributed by atoms with van der Waals surface area (Å²) in [6, 6.07) is 15.3. The first kappa shape index (κ1) is 15.8. The Kier molecular flexibility index (Phi) is 3.62. The average molecular weight is 350 g/mol. The minimum Gasteiger partial charge on any atom is -0.339 e. The van der Waals surface area contributed by atoms with Crippen LogP contribution in [0.4, 0.5) is 0 Å². The van der Waals surface area contributed by atoms with E-state index >= 15 is 0 Å². The average Bonchev–Trinajstić information content (AvgIpc) is 2.99. The van der Waals surface area contributed by atoms with Gasteiger partial charge in [0.25, 0.3) is 0 Å². The summed E-state index contributed by atoms with van der Waals surface area (Å²) >= 11 is 0. The molecular weight excluding hydrogens is 332 g/mol. The third kappa shape index (κ3) is 2.61. The number of aromatic nitrogens is 2. The molecule has 0 radical (unpaired) electrons. The topological polar surface area (TPSA) is 62.8 Å². The quantitative estimate of drug-likeness (QED) is 0.592. The number of aryl methyl sites for hydroxylation is 1. The number of benzene rings is 2. The molecule has 0 aliphatic carbocycles. The number of sulfone groups is 1. The second-order valence-electron chi connectivity index (χ2n) is 6.19. The molecule has 0 atom stereocenters. The molecule has 2 aromatic heterocycles. The van der Waals surface area contributed by atoms with E-state index in [0.29, 0.717) is 4.90 Å². The normalized spacial score (nSPS) is 12.1. The standard InChI is InChI=1S/C20H18N2O2S/c1-3-25(23,24)15-7-4-6-14(11-15)16-8-5-9-18-19(16)17-10-13(2)12-21-20(17)22-18/h4-12H,3H2,1-2H3,(H,21,22). The van der Waals surface area contributed by atoms with Gasteiger partial charge in [-0.1, -0.05) is 31.2 Å². The van der Waals surface area contributed by atoms with Gasteiger partial charge in [0.2, 0.25) is 0 Å². The van der Waals surface area contributed by atoms with Crippen LogP contribution in [0.15, 0.2) is 59.6 Å². The molecule has 4 aromatic rings. The van der Waals surface area contributed by atoms with Gasteiger partial charge in [0, 0.05) is 22.5 Å². The van der Waals surface area contributed by atoms with Crippen LogP contribution in [0.25, 0.3) is 33.1 Å². The predicted molar refractivity (Wildman–Crippen MR) is 101 cm³/mol. The van der Waals surface area contributed by atoms with E-state index in [1.165, 1.54) is 0 Å². The summed E-state index contributed by atoms with van der Waals surface area (Å²) < 4.78 is 24.5. The van der Waals surface area contributed by atoms with Crippen molar-refractivity contribution in [1.82, 2.24) is 9.97 Å². The van der Waals surface area contributed by atoms with Gasteiger partial charge in [0.05, 0.1) is 10.6 Å². The summed E-state index contributed by atoms with van der Waals surface area (Å²) in [4.78, 5) is 8.17. The van der Waals surface area contributed by atoms with Crippen LogP contribution < -0.4 is 0 Å². The Morgan fingerprint density at radius 1 is 1.08 bits per heavy atom. The van der Waals surface area contributed by atoms with Crippen LogP contribution in [0, 0.1) is 6.92 Å². The van der Waals surface area contributed by atoms with Crippen molar-refractivity contribution in [1.29, 1.82) is 0 Å². The highest BCUT2D eigenvalue weighted by Gasteiger charge is 2.15. The highest BCUT2D eigenvalue weighted by Crippen LogP contribution is 2.35. The van der Waals surface area contributed by atoms with E-state index in [2.05, 4.69) is 16.0 Å². The maximum atomic E-state index is 12.2. The van der Waals surface area contributed by atoms with E-state index in [1.54, 1.807) is 25.1 Å². The van der Waals surface area contributed by atoms with Gasteiger partial charge < -0.3 is 4.98 Å². The second kappa shape index (κ2) is 5.70. The van der Waals surface area contributed by atoms with Crippen molar-refractivity contribution in [3.63, 3.8) is 0 Å². The molecule has 0 fully saturated rings. The number of rotatable bonds is 3. The number of aromatic amines is 1. The number of nitrogens with zero attached hydrogens (tertiary/aromatic N) is 1. The lowest BCUT2D eigenvalue weighted by atomic mass is 10.00. The monoisotopic (exact) mass is 350 g/mol. The van der Waals surface area contributed by atoms with Gasteiger partial charge in [-0.25, -0.2) is 13.4 Å². The van der Waals surface area contributed by atoms with Crippen LogP contribution in [-0.4, -0.2) is 24.1 Å². The number of fused-ring (bicyclic) bond motifs is 3. The summed E-state index contributed by atoms with van der Waals surface area (Å²) in [5.41, 5.74) is 4.82. The van der Waals surface area contributed by atoms with Gasteiger partial charge in [-0.3, -0.25) is 0 Å². The Bertz CT molecular complexity index is 1210. The Balaban J connectivity index is 2.03. The summed E-state index contributed by atoms with van der Waals surface area (Å²) in [5, 5.41) is 2.12. The molecule has 1 N–H and O–H groups in total. The molecule has 0 bridgehead atoms. The number of hydrogen-bond acceptors (Lipinski definition) is 3. The van der Waals surface area contributed by atoms with E-state index in [1.807, 2.05) is 37.4 Å². The molecule has 4 rings (SSSR count). The molecular formula is C20H18N2O2S. The molecule has 0 amide bonds. The Morgan fingerprint density at radius 3 is 2.68 bits per heavy atom. The van der Waals surface area contributed by atoms with Crippen molar-refractivity contribution >= 4 is 31.8 Å². The third-order valence-corrected chi connectivity index (χ3v) is 6.23. The summed E-state index contributed by atoms with van der Waals surface area (Å²) in [5.74, 6) is 0.0941. The van der Waals surface area contributed by atoms with Crippen molar-refractivity contribution < 1.29 is 8.42 Å². The lowest BCUT2D eigenvalue weighted by molar-refractivity contribution is 0.597. The fourth-order valence-electron chi connectivity index (χ4n) is 3.20. The molecule has 0 unspecified atom stereocenters. The van der Waals surface area contributed by atoms with Crippen LogP contribution in [0.3, 0.4) is 0 Å². The van der Waals surface area contributed by atoms with E-state index in [0.717, 1.165) is 38.6 Å². The second-order valence-corrected chi connectivity index (χ2v) is 8.47. The molecule has 0 aliphatic rings. The van der Waals surface area contributed by atoms with Gasteiger partial charge in [0.1, 0.15) is 5.65 Å². The fourth-order valence-corrected chi connectivity index (χ4v) is 4.12. The Hall–Kier alpha value is -2.66. The number of nitrogens with one attached hydrogen (secondary N) is 1. The van der Waals surface area contributed by atoms with Crippen LogP contribution >= 0.6 is 0 Å². The van der Waals surface area contributed by atoms with E-state index in [4.69, 9.17) is 0 Å². The molecule has 0 saturated carbocycles. The lowest BCUT2D eigenvalue weighted by Crippen LogP contribution is -2.03. The largest absolute Gasteiger partial charge is 0.339 e. The smallest absolute Gasteiger partial charge is 0.178 e. The fraction of sp³-hybridized carbons (Fsp3) is 0.150. The molecule has 25 heavy (non-hydrogen) atoms.